The van der Waals surface area contributed by atoms with Crippen LogP contribution in [-0.2, 0) is 11.3 Å². The summed E-state index contributed by atoms with van der Waals surface area (Å²) in [7, 11) is 0. The van der Waals surface area contributed by atoms with E-state index in [1.807, 2.05) is 12.1 Å². The zero-order valence-electron chi connectivity index (χ0n) is 12.8. The first-order valence-corrected chi connectivity index (χ1v) is 7.72. The van der Waals surface area contributed by atoms with Gasteiger partial charge in [0, 0.05) is 6.61 Å². The summed E-state index contributed by atoms with van der Waals surface area (Å²) in [6.07, 6.45) is 3.87. The van der Waals surface area contributed by atoms with E-state index in [2.05, 4.69) is 42.6 Å². The van der Waals surface area contributed by atoms with Crippen LogP contribution in [0.15, 0.2) is 53.1 Å². The number of ether oxygens (including phenoxy) is 1. The molecule has 2 aromatic rings. The van der Waals surface area contributed by atoms with Gasteiger partial charge in [0.05, 0.1) is 6.26 Å². The van der Waals surface area contributed by atoms with Gasteiger partial charge in [0.15, 0.2) is 0 Å². The van der Waals surface area contributed by atoms with E-state index in [1.165, 1.54) is 5.56 Å². The van der Waals surface area contributed by atoms with E-state index in [4.69, 9.17) is 9.15 Å². The van der Waals surface area contributed by atoms with E-state index in [0.29, 0.717) is 12.5 Å². The van der Waals surface area contributed by atoms with E-state index in [0.717, 1.165) is 38.3 Å². The van der Waals surface area contributed by atoms with Crippen LogP contribution < -0.4 is 5.32 Å². The predicted molar refractivity (Wildman–Crippen MR) is 85.3 cm³/mol. The van der Waals surface area contributed by atoms with Gasteiger partial charge in [0.25, 0.3) is 0 Å². The molecule has 0 bridgehead atoms. The first kappa shape index (κ1) is 15.8. The fraction of sp³-hybridized carbons (Fsp3) is 0.444. The molecule has 3 heteroatoms. The Bertz CT molecular complexity index is 467. The van der Waals surface area contributed by atoms with Crippen LogP contribution in [0.25, 0.3) is 0 Å². The second kappa shape index (κ2) is 9.37. The molecule has 1 atom stereocenters. The lowest BCUT2D eigenvalue weighted by molar-refractivity contribution is 0.104. The standard InChI is InChI=1S/C18H25NO2/c1-16(17-7-3-2-4-8-17)10-12-19-11-6-13-20-15-18-9-5-14-21-18/h2-5,7-9,14,16,19H,6,10-13,15H2,1H3. The topological polar surface area (TPSA) is 34.4 Å². The lowest BCUT2D eigenvalue weighted by Crippen LogP contribution is -2.19. The van der Waals surface area contributed by atoms with Crippen molar-refractivity contribution >= 4 is 0 Å². The molecule has 2 rings (SSSR count). The highest BCUT2D eigenvalue weighted by Gasteiger charge is 2.03. The summed E-state index contributed by atoms with van der Waals surface area (Å²) >= 11 is 0. The average Bonchev–Trinajstić information content (AvgIpc) is 3.04. The van der Waals surface area contributed by atoms with Crippen molar-refractivity contribution in [1.29, 1.82) is 0 Å². The van der Waals surface area contributed by atoms with Crippen molar-refractivity contribution in [2.24, 2.45) is 0 Å². The molecule has 1 aromatic carbocycles. The summed E-state index contributed by atoms with van der Waals surface area (Å²) < 4.78 is 10.7. The van der Waals surface area contributed by atoms with Gasteiger partial charge in [-0.1, -0.05) is 37.3 Å². The Labute approximate surface area is 127 Å². The number of nitrogens with one attached hydrogen (secondary N) is 1. The summed E-state index contributed by atoms with van der Waals surface area (Å²) in [6.45, 7) is 5.66. The van der Waals surface area contributed by atoms with Crippen LogP contribution in [0.5, 0.6) is 0 Å². The number of furan rings is 1. The second-order valence-corrected chi connectivity index (χ2v) is 5.34. The summed E-state index contributed by atoms with van der Waals surface area (Å²) in [6, 6.07) is 14.5. The Kier molecular flexibility index (Phi) is 7.05. The molecule has 1 heterocycles. The van der Waals surface area contributed by atoms with Crippen LogP contribution >= 0.6 is 0 Å². The molecule has 0 saturated heterocycles. The van der Waals surface area contributed by atoms with Crippen LogP contribution in [0, 0.1) is 0 Å². The minimum Gasteiger partial charge on any atom is -0.467 e. The number of benzene rings is 1. The Morgan fingerprint density at radius 2 is 1.95 bits per heavy atom. The molecule has 0 radical (unpaired) electrons. The van der Waals surface area contributed by atoms with Crippen molar-refractivity contribution in [2.75, 3.05) is 19.7 Å². The normalized spacial score (nSPS) is 12.4. The summed E-state index contributed by atoms with van der Waals surface area (Å²) in [5, 5.41) is 3.48. The van der Waals surface area contributed by atoms with E-state index in [-0.39, 0.29) is 0 Å². The lowest BCUT2D eigenvalue weighted by atomic mass is 9.98. The van der Waals surface area contributed by atoms with Gasteiger partial charge in [-0.05, 0) is 49.5 Å². The molecular formula is C18H25NO2. The summed E-state index contributed by atoms with van der Waals surface area (Å²) in [5.41, 5.74) is 1.42. The molecule has 3 nitrogen and oxygen atoms in total. The number of rotatable bonds is 10. The highest BCUT2D eigenvalue weighted by atomic mass is 16.5. The van der Waals surface area contributed by atoms with Gasteiger partial charge >= 0.3 is 0 Å². The highest BCUT2D eigenvalue weighted by molar-refractivity contribution is 5.18. The third kappa shape index (κ3) is 6.15. The van der Waals surface area contributed by atoms with Crippen molar-refractivity contribution in [3.05, 3.63) is 60.1 Å². The number of hydrogen-bond donors (Lipinski definition) is 1. The van der Waals surface area contributed by atoms with Gasteiger partial charge in [-0.25, -0.2) is 0 Å². The molecule has 1 N–H and O–H groups in total. The fourth-order valence-electron chi connectivity index (χ4n) is 2.26. The van der Waals surface area contributed by atoms with Crippen LogP contribution in [0.2, 0.25) is 0 Å². The zero-order valence-corrected chi connectivity index (χ0v) is 12.8. The largest absolute Gasteiger partial charge is 0.467 e. The molecule has 21 heavy (non-hydrogen) atoms. The quantitative estimate of drug-likeness (QED) is 0.671. The minimum atomic E-state index is 0.568. The van der Waals surface area contributed by atoms with E-state index in [1.54, 1.807) is 6.26 Å². The third-order valence-corrected chi connectivity index (χ3v) is 3.59. The average molecular weight is 287 g/mol. The predicted octanol–water partition coefficient (Wildman–Crippen LogP) is 3.97. The van der Waals surface area contributed by atoms with Gasteiger partial charge < -0.3 is 14.5 Å². The maximum atomic E-state index is 5.54. The van der Waals surface area contributed by atoms with Crippen LogP contribution in [-0.4, -0.2) is 19.7 Å². The van der Waals surface area contributed by atoms with Gasteiger partial charge in [-0.3, -0.25) is 0 Å². The van der Waals surface area contributed by atoms with E-state index >= 15 is 0 Å². The first-order chi connectivity index (χ1) is 10.4. The van der Waals surface area contributed by atoms with Crippen LogP contribution in [0.3, 0.4) is 0 Å². The Morgan fingerprint density at radius 3 is 2.71 bits per heavy atom. The van der Waals surface area contributed by atoms with Gasteiger partial charge in [0.2, 0.25) is 0 Å². The fourth-order valence-corrected chi connectivity index (χ4v) is 2.26. The van der Waals surface area contributed by atoms with Crippen molar-refractivity contribution in [1.82, 2.24) is 5.32 Å². The Hall–Kier alpha value is -1.58. The molecule has 1 aromatic heterocycles. The zero-order chi connectivity index (χ0) is 14.8. The van der Waals surface area contributed by atoms with Gasteiger partial charge in [0.1, 0.15) is 12.4 Å². The molecule has 0 aliphatic carbocycles. The van der Waals surface area contributed by atoms with Crippen LogP contribution in [0.4, 0.5) is 0 Å². The van der Waals surface area contributed by atoms with Gasteiger partial charge in [-0.15, -0.1) is 0 Å². The first-order valence-electron chi connectivity index (χ1n) is 7.72. The monoisotopic (exact) mass is 287 g/mol. The van der Waals surface area contributed by atoms with Crippen molar-refractivity contribution in [3.8, 4) is 0 Å². The van der Waals surface area contributed by atoms with Crippen molar-refractivity contribution in [2.45, 2.75) is 32.3 Å². The van der Waals surface area contributed by atoms with Crippen molar-refractivity contribution in [3.63, 3.8) is 0 Å². The van der Waals surface area contributed by atoms with Crippen LogP contribution in [0.1, 0.15) is 37.0 Å². The molecular weight excluding hydrogens is 262 g/mol. The van der Waals surface area contributed by atoms with E-state index < -0.39 is 0 Å². The van der Waals surface area contributed by atoms with Crippen molar-refractivity contribution < 1.29 is 9.15 Å². The second-order valence-electron chi connectivity index (χ2n) is 5.34. The summed E-state index contributed by atoms with van der Waals surface area (Å²) in [4.78, 5) is 0. The highest BCUT2D eigenvalue weighted by Crippen LogP contribution is 2.17. The molecule has 0 aliphatic rings. The maximum absolute atomic E-state index is 5.54. The molecule has 0 spiro atoms. The SMILES string of the molecule is CC(CCNCCCOCc1ccco1)c1ccccc1. The molecule has 0 fully saturated rings. The minimum absolute atomic E-state index is 0.568. The molecule has 0 amide bonds. The smallest absolute Gasteiger partial charge is 0.129 e. The Morgan fingerprint density at radius 1 is 1.10 bits per heavy atom. The molecule has 0 aliphatic heterocycles. The lowest BCUT2D eigenvalue weighted by Gasteiger charge is -2.12. The third-order valence-electron chi connectivity index (χ3n) is 3.59. The molecule has 114 valence electrons. The summed E-state index contributed by atoms with van der Waals surface area (Å²) in [5.74, 6) is 1.49. The van der Waals surface area contributed by atoms with E-state index in [9.17, 15) is 0 Å². The molecule has 1 unspecified atom stereocenters. The van der Waals surface area contributed by atoms with Gasteiger partial charge in [-0.2, -0.15) is 0 Å². The Balaban J connectivity index is 1.45. The number of hydrogen-bond acceptors (Lipinski definition) is 3. The maximum Gasteiger partial charge on any atom is 0.129 e. The molecule has 0 saturated carbocycles.